The molecule has 0 aliphatic carbocycles. The van der Waals surface area contributed by atoms with Crippen molar-refractivity contribution in [2.45, 2.75) is 19.8 Å². The van der Waals surface area contributed by atoms with Gasteiger partial charge in [-0.05, 0) is 47.4 Å². The Labute approximate surface area is 148 Å². The minimum atomic E-state index is 0.765. The van der Waals surface area contributed by atoms with Crippen molar-refractivity contribution >= 4 is 0 Å². The van der Waals surface area contributed by atoms with E-state index < -0.39 is 0 Å². The molecule has 3 rings (SSSR count). The number of rotatable bonds is 6. The molecule has 128 valence electrons. The van der Waals surface area contributed by atoms with Crippen LogP contribution in [0.3, 0.4) is 0 Å². The van der Waals surface area contributed by atoms with Gasteiger partial charge < -0.3 is 9.47 Å². The van der Waals surface area contributed by atoms with Crippen LogP contribution in [0.5, 0.6) is 11.5 Å². The molecule has 0 N–H and O–H groups in total. The third-order valence-corrected chi connectivity index (χ3v) is 4.13. The lowest BCUT2D eigenvalue weighted by Gasteiger charge is -2.04. The molecule has 0 aliphatic heterocycles. The number of hydrogen-bond donors (Lipinski definition) is 0. The third kappa shape index (κ3) is 4.60. The van der Waals surface area contributed by atoms with Gasteiger partial charge in [-0.1, -0.05) is 24.3 Å². The first kappa shape index (κ1) is 17.0. The molecule has 0 spiro atoms. The number of methoxy groups -OCH3 is 2. The summed E-state index contributed by atoms with van der Waals surface area (Å²) in [6, 6.07) is 20.5. The van der Waals surface area contributed by atoms with E-state index in [0.29, 0.717) is 0 Å². The van der Waals surface area contributed by atoms with Crippen molar-refractivity contribution < 1.29 is 13.9 Å². The smallest absolute Gasteiger partial charge is 0.334 e. The highest BCUT2D eigenvalue weighted by Gasteiger charge is 2.14. The molecule has 0 fully saturated rings. The van der Waals surface area contributed by atoms with Crippen molar-refractivity contribution in [1.29, 1.82) is 0 Å². The molecule has 0 saturated heterocycles. The fraction of sp³-hybridized carbons (Fsp3) is 0.227. The summed E-state index contributed by atoms with van der Waals surface area (Å²) in [5.41, 5.74) is 3.70. The predicted molar refractivity (Wildman–Crippen MR) is 99.5 cm³/mol. The summed E-state index contributed by atoms with van der Waals surface area (Å²) in [6.07, 6.45) is 1.64. The van der Waals surface area contributed by atoms with E-state index >= 15 is 0 Å². The van der Waals surface area contributed by atoms with Gasteiger partial charge in [-0.15, -0.1) is 0 Å². The highest BCUT2D eigenvalue weighted by atomic mass is 16.5. The highest BCUT2D eigenvalue weighted by Crippen LogP contribution is 2.20. The van der Waals surface area contributed by atoms with Gasteiger partial charge in [0.15, 0.2) is 0 Å². The molecule has 3 nitrogen and oxygen atoms in total. The van der Waals surface area contributed by atoms with Crippen molar-refractivity contribution in [3.05, 3.63) is 88.9 Å². The molecule has 0 aliphatic rings. The third-order valence-electron chi connectivity index (χ3n) is 4.13. The van der Waals surface area contributed by atoms with E-state index in [1.54, 1.807) is 14.2 Å². The van der Waals surface area contributed by atoms with Crippen LogP contribution >= 0.6 is 0 Å². The summed E-state index contributed by atoms with van der Waals surface area (Å²) in [4.78, 5) is 0. The summed E-state index contributed by atoms with van der Waals surface area (Å²) >= 11 is 0. The Morgan fingerprint density at radius 3 is 1.72 bits per heavy atom. The Morgan fingerprint density at radius 2 is 1.20 bits per heavy atom. The largest absolute Gasteiger partial charge is 0.497 e. The Kier molecular flexibility index (Phi) is 5.34. The molecule has 0 bridgehead atoms. The first-order valence-corrected chi connectivity index (χ1v) is 8.34. The molecule has 0 amide bonds. The molecular weight excluding hydrogens is 312 g/mol. The van der Waals surface area contributed by atoms with Crippen molar-refractivity contribution in [3.63, 3.8) is 0 Å². The molecule has 3 aromatic rings. The van der Waals surface area contributed by atoms with Gasteiger partial charge in [0, 0.05) is 12.1 Å². The second-order valence-electron chi connectivity index (χ2n) is 6.09. The van der Waals surface area contributed by atoms with Gasteiger partial charge in [0.2, 0.25) is 0 Å². The Hall–Kier alpha value is -2.81. The van der Waals surface area contributed by atoms with Crippen LogP contribution in [-0.4, -0.2) is 14.2 Å². The van der Waals surface area contributed by atoms with E-state index in [1.807, 2.05) is 31.2 Å². The lowest BCUT2D eigenvalue weighted by Crippen LogP contribution is -1.95. The maximum atomic E-state index is 5.90. The van der Waals surface area contributed by atoms with Gasteiger partial charge in [0.25, 0.3) is 0 Å². The highest BCUT2D eigenvalue weighted by molar-refractivity contribution is 5.33. The lowest BCUT2D eigenvalue weighted by atomic mass is 10.0. The van der Waals surface area contributed by atoms with Gasteiger partial charge in [0.05, 0.1) is 27.6 Å². The SMILES string of the molecule is COc1ccc(Cc2cc(C)[o+]c(Cc3ccc(OC)cc3)c2)cc1. The normalized spacial score (nSPS) is 10.5. The van der Waals surface area contributed by atoms with Crippen LogP contribution in [0, 0.1) is 6.92 Å². The summed E-state index contributed by atoms with van der Waals surface area (Å²) in [6.45, 7) is 2.00. The zero-order valence-electron chi connectivity index (χ0n) is 14.9. The maximum Gasteiger partial charge on any atom is 0.334 e. The summed E-state index contributed by atoms with van der Waals surface area (Å²) in [7, 11) is 3.36. The van der Waals surface area contributed by atoms with Crippen molar-refractivity contribution in [2.75, 3.05) is 14.2 Å². The van der Waals surface area contributed by atoms with Crippen LogP contribution in [0.25, 0.3) is 0 Å². The van der Waals surface area contributed by atoms with E-state index in [9.17, 15) is 0 Å². The number of ether oxygens (including phenoxy) is 2. The molecule has 25 heavy (non-hydrogen) atoms. The fourth-order valence-electron chi connectivity index (χ4n) is 2.89. The van der Waals surface area contributed by atoms with Crippen LogP contribution in [0.1, 0.15) is 28.2 Å². The topological polar surface area (TPSA) is 29.8 Å². The van der Waals surface area contributed by atoms with Crippen molar-refractivity contribution in [1.82, 2.24) is 0 Å². The predicted octanol–water partition coefficient (Wildman–Crippen LogP) is 5.07. The molecule has 0 atom stereocenters. The molecule has 1 aromatic heterocycles. The zero-order chi connectivity index (χ0) is 17.6. The molecule has 2 aromatic carbocycles. The van der Waals surface area contributed by atoms with Crippen LogP contribution in [0.15, 0.2) is 65.1 Å². The van der Waals surface area contributed by atoms with E-state index in [4.69, 9.17) is 13.9 Å². The monoisotopic (exact) mass is 335 g/mol. The van der Waals surface area contributed by atoms with E-state index in [0.717, 1.165) is 35.9 Å². The maximum absolute atomic E-state index is 5.90. The number of hydrogen-bond acceptors (Lipinski definition) is 2. The summed E-state index contributed by atoms with van der Waals surface area (Å²) < 4.78 is 16.3. The van der Waals surface area contributed by atoms with Crippen molar-refractivity contribution in [2.24, 2.45) is 0 Å². The van der Waals surface area contributed by atoms with Gasteiger partial charge in [0.1, 0.15) is 11.5 Å². The second kappa shape index (κ2) is 7.84. The van der Waals surface area contributed by atoms with E-state index in [2.05, 4.69) is 36.4 Å². The molecule has 0 saturated carbocycles. The van der Waals surface area contributed by atoms with Gasteiger partial charge >= 0.3 is 11.5 Å². The van der Waals surface area contributed by atoms with Gasteiger partial charge in [-0.3, -0.25) is 0 Å². The molecule has 0 radical (unpaired) electrons. The van der Waals surface area contributed by atoms with Crippen LogP contribution in [-0.2, 0) is 12.8 Å². The van der Waals surface area contributed by atoms with Crippen molar-refractivity contribution in [3.8, 4) is 11.5 Å². The fourth-order valence-corrected chi connectivity index (χ4v) is 2.89. The van der Waals surface area contributed by atoms with Crippen LogP contribution < -0.4 is 9.47 Å². The van der Waals surface area contributed by atoms with Crippen LogP contribution in [0.2, 0.25) is 0 Å². The Bertz CT molecular complexity index is 753. The van der Waals surface area contributed by atoms with E-state index in [1.165, 1.54) is 16.7 Å². The first-order valence-electron chi connectivity index (χ1n) is 8.34. The van der Waals surface area contributed by atoms with Gasteiger partial charge in [-0.25, -0.2) is 4.42 Å². The Morgan fingerprint density at radius 1 is 0.680 bits per heavy atom. The quantitative estimate of drug-likeness (QED) is 0.589. The minimum Gasteiger partial charge on any atom is -0.497 e. The molecule has 3 heteroatoms. The second-order valence-corrected chi connectivity index (χ2v) is 6.09. The standard InChI is InChI=1S/C22H23O3/c1-16-12-19(13-17-4-8-20(23-2)9-5-17)15-22(25-16)14-18-6-10-21(24-3)11-7-18/h4-12,15H,13-14H2,1-3H3/q+1. The van der Waals surface area contributed by atoms with E-state index in [-0.39, 0.29) is 0 Å². The summed E-state index contributed by atoms with van der Waals surface area (Å²) in [5.74, 6) is 3.64. The first-order chi connectivity index (χ1) is 12.2. The molecule has 1 heterocycles. The zero-order valence-corrected chi connectivity index (χ0v) is 14.9. The number of aryl methyl sites for hydroxylation is 1. The van der Waals surface area contributed by atoms with Gasteiger partial charge in [-0.2, -0.15) is 0 Å². The summed E-state index contributed by atoms with van der Waals surface area (Å²) in [5, 5.41) is 0. The minimum absolute atomic E-state index is 0.765. The van der Waals surface area contributed by atoms with Crippen LogP contribution in [0.4, 0.5) is 0 Å². The average Bonchev–Trinajstić information content (AvgIpc) is 2.62. The lowest BCUT2D eigenvalue weighted by molar-refractivity contribution is 0.414. The Balaban J connectivity index is 1.76. The molecule has 0 unspecified atom stereocenters. The average molecular weight is 335 g/mol. The number of benzene rings is 2. The molecular formula is C22H23O3+.